The third-order valence-electron chi connectivity index (χ3n) is 3.93. The van der Waals surface area contributed by atoms with E-state index in [2.05, 4.69) is 15.4 Å². The molecule has 2 heterocycles. The second kappa shape index (κ2) is 8.29. The second-order valence-electron chi connectivity index (χ2n) is 7.44. The van der Waals surface area contributed by atoms with Crippen LogP contribution in [0.4, 0.5) is 0 Å². The number of aromatic nitrogens is 3. The van der Waals surface area contributed by atoms with E-state index < -0.39 is 5.97 Å². The highest BCUT2D eigenvalue weighted by molar-refractivity contribution is 6.03. The largest absolute Gasteiger partial charge is 0.452 e. The Balaban J connectivity index is 2.27. The van der Waals surface area contributed by atoms with Gasteiger partial charge in [0.1, 0.15) is 0 Å². The summed E-state index contributed by atoms with van der Waals surface area (Å²) < 4.78 is 7.00. The number of esters is 1. The minimum absolute atomic E-state index is 0.119. The van der Waals surface area contributed by atoms with E-state index in [1.54, 1.807) is 16.9 Å². The van der Waals surface area contributed by atoms with Gasteiger partial charge in [0, 0.05) is 18.3 Å². The molecule has 0 bridgehead atoms. The van der Waals surface area contributed by atoms with Gasteiger partial charge in [-0.15, -0.1) is 0 Å². The molecule has 0 radical (unpaired) electrons. The molecule has 2 rings (SSSR count). The average Bonchev–Trinajstić information content (AvgIpc) is 3.00. The van der Waals surface area contributed by atoms with Gasteiger partial charge in [0.2, 0.25) is 0 Å². The number of carbonyl (C=O) groups excluding carboxylic acids is 2. The van der Waals surface area contributed by atoms with Crippen molar-refractivity contribution in [2.75, 3.05) is 13.2 Å². The van der Waals surface area contributed by atoms with E-state index in [-0.39, 0.29) is 24.5 Å². The van der Waals surface area contributed by atoms with Gasteiger partial charge in [0.15, 0.2) is 12.3 Å². The molecule has 0 unspecified atom stereocenters. The van der Waals surface area contributed by atoms with Crippen LogP contribution in [0.3, 0.4) is 0 Å². The minimum Gasteiger partial charge on any atom is -0.452 e. The first-order chi connectivity index (χ1) is 12.2. The normalized spacial score (nSPS) is 11.6. The molecule has 7 nitrogen and oxygen atoms in total. The van der Waals surface area contributed by atoms with Crippen LogP contribution in [0.5, 0.6) is 0 Å². The summed E-state index contributed by atoms with van der Waals surface area (Å²) in [5.74, 6) is -0.359. The number of amides is 1. The smallest absolute Gasteiger partial charge is 0.339 e. The quantitative estimate of drug-likeness (QED) is 0.767. The predicted octanol–water partition coefficient (Wildman–Crippen LogP) is 3.06. The van der Waals surface area contributed by atoms with Crippen LogP contribution in [-0.2, 0) is 9.53 Å². The second-order valence-corrected chi connectivity index (χ2v) is 7.44. The molecule has 1 amide bonds. The standard InChI is InChI=1S/C19H28N4O3/c1-11(2)8-20-17(24)10-26-19(25)14-7-16(12(3)4)22-18-15(14)9-21-23(18)13(5)6/h7,9,11-13H,8,10H2,1-6H3,(H,20,24). The molecule has 2 aromatic rings. The fourth-order valence-electron chi connectivity index (χ4n) is 2.46. The summed E-state index contributed by atoms with van der Waals surface area (Å²) in [5.41, 5.74) is 1.83. The molecule has 7 heteroatoms. The van der Waals surface area contributed by atoms with Crippen LogP contribution < -0.4 is 5.32 Å². The fraction of sp³-hybridized carbons (Fsp3) is 0.579. The zero-order valence-electron chi connectivity index (χ0n) is 16.4. The maximum absolute atomic E-state index is 12.6. The van der Waals surface area contributed by atoms with Crippen molar-refractivity contribution in [2.45, 2.75) is 53.5 Å². The Hall–Kier alpha value is -2.44. The molecule has 142 valence electrons. The van der Waals surface area contributed by atoms with Gasteiger partial charge in [-0.3, -0.25) is 4.79 Å². The average molecular weight is 360 g/mol. The molecular weight excluding hydrogens is 332 g/mol. The molecule has 0 aliphatic rings. The van der Waals surface area contributed by atoms with Crippen molar-refractivity contribution in [2.24, 2.45) is 5.92 Å². The molecule has 2 aromatic heterocycles. The van der Waals surface area contributed by atoms with Crippen LogP contribution in [0.15, 0.2) is 12.3 Å². The van der Waals surface area contributed by atoms with E-state index in [0.717, 1.165) is 5.69 Å². The van der Waals surface area contributed by atoms with Crippen LogP contribution in [0.2, 0.25) is 0 Å². The molecule has 0 fully saturated rings. The first-order valence-electron chi connectivity index (χ1n) is 9.02. The van der Waals surface area contributed by atoms with Gasteiger partial charge in [-0.2, -0.15) is 5.10 Å². The third kappa shape index (κ3) is 4.59. The van der Waals surface area contributed by atoms with Gasteiger partial charge in [-0.25, -0.2) is 14.5 Å². The van der Waals surface area contributed by atoms with E-state index in [0.29, 0.717) is 29.1 Å². The summed E-state index contributed by atoms with van der Waals surface area (Å²) in [5, 5.41) is 7.71. The van der Waals surface area contributed by atoms with E-state index in [1.807, 2.05) is 41.5 Å². The number of hydrogen-bond donors (Lipinski definition) is 1. The Morgan fingerprint density at radius 1 is 1.19 bits per heavy atom. The van der Waals surface area contributed by atoms with Crippen LogP contribution in [-0.4, -0.2) is 39.8 Å². The van der Waals surface area contributed by atoms with Gasteiger partial charge in [-0.1, -0.05) is 27.7 Å². The molecule has 0 aromatic carbocycles. The van der Waals surface area contributed by atoms with Crippen molar-refractivity contribution in [1.29, 1.82) is 0 Å². The van der Waals surface area contributed by atoms with Crippen molar-refractivity contribution in [3.63, 3.8) is 0 Å². The molecule has 0 spiro atoms. The lowest BCUT2D eigenvalue weighted by atomic mass is 10.1. The zero-order chi connectivity index (χ0) is 19.4. The number of hydrogen-bond acceptors (Lipinski definition) is 5. The van der Waals surface area contributed by atoms with Gasteiger partial charge in [0.05, 0.1) is 17.1 Å². The van der Waals surface area contributed by atoms with E-state index >= 15 is 0 Å². The van der Waals surface area contributed by atoms with Gasteiger partial charge >= 0.3 is 5.97 Å². The predicted molar refractivity (Wildman–Crippen MR) is 100 cm³/mol. The molecule has 0 atom stereocenters. The number of nitrogens with one attached hydrogen (secondary N) is 1. The van der Waals surface area contributed by atoms with Gasteiger partial charge in [-0.05, 0) is 31.7 Å². The molecule has 0 aliphatic carbocycles. The highest BCUT2D eigenvalue weighted by Gasteiger charge is 2.20. The fourth-order valence-corrected chi connectivity index (χ4v) is 2.46. The van der Waals surface area contributed by atoms with Gasteiger partial charge in [0.25, 0.3) is 5.91 Å². The summed E-state index contributed by atoms with van der Waals surface area (Å²) in [6.07, 6.45) is 1.63. The Labute approximate surface area is 154 Å². The summed E-state index contributed by atoms with van der Waals surface area (Å²) in [7, 11) is 0. The van der Waals surface area contributed by atoms with E-state index in [1.165, 1.54) is 0 Å². The highest BCUT2D eigenvalue weighted by atomic mass is 16.5. The minimum atomic E-state index is -0.540. The van der Waals surface area contributed by atoms with Crippen LogP contribution in [0, 0.1) is 5.92 Å². The Morgan fingerprint density at radius 2 is 1.88 bits per heavy atom. The number of ether oxygens (including phenoxy) is 1. The molecule has 26 heavy (non-hydrogen) atoms. The summed E-state index contributed by atoms with van der Waals surface area (Å²) in [4.78, 5) is 29.0. The Morgan fingerprint density at radius 3 is 2.46 bits per heavy atom. The lowest BCUT2D eigenvalue weighted by molar-refractivity contribution is -0.124. The first-order valence-corrected chi connectivity index (χ1v) is 9.02. The molecular formula is C19H28N4O3. The lowest BCUT2D eigenvalue weighted by Gasteiger charge is -2.12. The Bertz CT molecular complexity index is 793. The topological polar surface area (TPSA) is 86.1 Å². The van der Waals surface area contributed by atoms with Crippen molar-refractivity contribution >= 4 is 22.9 Å². The van der Waals surface area contributed by atoms with Crippen molar-refractivity contribution < 1.29 is 14.3 Å². The monoisotopic (exact) mass is 360 g/mol. The zero-order valence-corrected chi connectivity index (χ0v) is 16.4. The number of nitrogens with zero attached hydrogens (tertiary/aromatic N) is 3. The molecule has 0 saturated carbocycles. The number of rotatable bonds is 7. The van der Waals surface area contributed by atoms with Crippen LogP contribution in [0.25, 0.3) is 11.0 Å². The number of fused-ring (bicyclic) bond motifs is 1. The lowest BCUT2D eigenvalue weighted by Crippen LogP contribution is -2.31. The molecule has 1 N–H and O–H groups in total. The Kier molecular flexibility index (Phi) is 6.34. The van der Waals surface area contributed by atoms with E-state index in [4.69, 9.17) is 4.74 Å². The molecule has 0 aliphatic heterocycles. The number of pyridine rings is 1. The maximum atomic E-state index is 12.6. The summed E-state index contributed by atoms with van der Waals surface area (Å²) >= 11 is 0. The van der Waals surface area contributed by atoms with Crippen LogP contribution in [0.1, 0.15) is 69.6 Å². The first kappa shape index (κ1) is 19.9. The van der Waals surface area contributed by atoms with Crippen LogP contribution >= 0.6 is 0 Å². The van der Waals surface area contributed by atoms with Crippen molar-refractivity contribution in [1.82, 2.24) is 20.1 Å². The highest BCUT2D eigenvalue weighted by Crippen LogP contribution is 2.24. The van der Waals surface area contributed by atoms with Crippen molar-refractivity contribution in [3.8, 4) is 0 Å². The SMILES string of the molecule is CC(C)CNC(=O)COC(=O)c1cc(C(C)C)nc2c1cnn2C(C)C. The van der Waals surface area contributed by atoms with Crippen molar-refractivity contribution in [3.05, 3.63) is 23.5 Å². The third-order valence-corrected chi connectivity index (χ3v) is 3.93. The number of carbonyl (C=O) groups is 2. The van der Waals surface area contributed by atoms with E-state index in [9.17, 15) is 9.59 Å². The maximum Gasteiger partial charge on any atom is 0.339 e. The molecule has 0 saturated heterocycles. The van der Waals surface area contributed by atoms with Gasteiger partial charge < -0.3 is 10.1 Å². The summed E-state index contributed by atoms with van der Waals surface area (Å²) in [6, 6.07) is 1.85. The summed E-state index contributed by atoms with van der Waals surface area (Å²) in [6.45, 7) is 12.3.